The van der Waals surface area contributed by atoms with Crippen molar-refractivity contribution in [2.75, 3.05) is 18.9 Å². The number of hydrogen-bond acceptors (Lipinski definition) is 7. The van der Waals surface area contributed by atoms with Crippen molar-refractivity contribution in [2.45, 2.75) is 46.9 Å². The fourth-order valence-corrected chi connectivity index (χ4v) is 5.38. The number of amides is 4. The van der Waals surface area contributed by atoms with Gasteiger partial charge >= 0.3 is 6.03 Å². The van der Waals surface area contributed by atoms with Crippen molar-refractivity contribution in [3.63, 3.8) is 0 Å². The lowest BCUT2D eigenvalue weighted by Gasteiger charge is -2.35. The van der Waals surface area contributed by atoms with Crippen molar-refractivity contribution in [1.82, 2.24) is 20.0 Å². The number of urea groups is 1. The number of carbonyl (C=O) groups is 3. The Kier molecular flexibility index (Phi) is 5.55. The number of imide groups is 1. The zero-order chi connectivity index (χ0) is 20.4. The van der Waals surface area contributed by atoms with Gasteiger partial charge in [0.2, 0.25) is 5.91 Å². The summed E-state index contributed by atoms with van der Waals surface area (Å²) in [5, 5.41) is 10.5. The van der Waals surface area contributed by atoms with Gasteiger partial charge in [0.05, 0.1) is 0 Å². The van der Waals surface area contributed by atoms with Crippen LogP contribution in [0.4, 0.5) is 10.5 Å². The van der Waals surface area contributed by atoms with Crippen molar-refractivity contribution in [3.05, 3.63) is 29.8 Å². The highest BCUT2D eigenvalue weighted by Crippen LogP contribution is 2.39. The summed E-state index contributed by atoms with van der Waals surface area (Å²) < 4.78 is 0.841. The van der Waals surface area contributed by atoms with E-state index in [0.717, 1.165) is 33.4 Å². The number of benzene rings is 1. The Labute approximate surface area is 176 Å². The molecule has 4 rings (SSSR count). The molecule has 2 fully saturated rings. The molecular weight excluding hydrogens is 410 g/mol. The summed E-state index contributed by atoms with van der Waals surface area (Å²) in [5.74, 6) is -0.638. The molecule has 0 unspecified atom stereocenters. The highest BCUT2D eigenvalue weighted by atomic mass is 32.2. The average Bonchev–Trinajstić information content (AvgIpc) is 3.30. The number of anilines is 1. The highest BCUT2D eigenvalue weighted by Gasteiger charge is 2.55. The zero-order valence-electron chi connectivity index (χ0n) is 16.0. The Hall–Kier alpha value is -2.46. The van der Waals surface area contributed by atoms with Crippen LogP contribution in [0.5, 0.6) is 0 Å². The van der Waals surface area contributed by atoms with E-state index in [1.54, 1.807) is 24.7 Å². The molecule has 0 radical (unpaired) electrons. The molecule has 2 aromatic rings. The van der Waals surface area contributed by atoms with Gasteiger partial charge in [-0.3, -0.25) is 14.5 Å². The van der Waals surface area contributed by atoms with Crippen molar-refractivity contribution < 1.29 is 14.4 Å². The van der Waals surface area contributed by atoms with Gasteiger partial charge in [-0.2, -0.15) is 0 Å². The van der Waals surface area contributed by atoms with Crippen molar-refractivity contribution in [2.24, 2.45) is 0 Å². The first-order chi connectivity index (χ1) is 14.0. The second kappa shape index (κ2) is 8.11. The minimum absolute atomic E-state index is 0.247. The Morgan fingerprint density at radius 1 is 1.21 bits per heavy atom. The van der Waals surface area contributed by atoms with Crippen molar-refractivity contribution >= 4 is 46.6 Å². The molecule has 0 atom stereocenters. The van der Waals surface area contributed by atoms with E-state index in [2.05, 4.69) is 15.5 Å². The predicted octanol–water partition coefficient (Wildman–Crippen LogP) is 3.22. The second-order valence-electron chi connectivity index (χ2n) is 7.20. The normalized spacial score (nSPS) is 18.5. The number of likely N-dealkylation sites (N-methyl/N-ethyl adjacent to an activating group) is 1. The third-order valence-electron chi connectivity index (χ3n) is 5.47. The number of nitrogens with zero attached hydrogens (tertiary/aromatic N) is 4. The summed E-state index contributed by atoms with van der Waals surface area (Å²) >= 11 is 2.95. The molecule has 1 N–H and O–H groups in total. The lowest BCUT2D eigenvalue weighted by Crippen LogP contribution is -2.49. The van der Waals surface area contributed by atoms with Crippen LogP contribution in [0.2, 0.25) is 0 Å². The quantitative estimate of drug-likeness (QED) is 0.731. The predicted molar refractivity (Wildman–Crippen MR) is 110 cm³/mol. The second-order valence-corrected chi connectivity index (χ2v) is 9.36. The summed E-state index contributed by atoms with van der Waals surface area (Å²) in [6.45, 7) is -0.273. The molecule has 8 nitrogen and oxygen atoms in total. The summed E-state index contributed by atoms with van der Waals surface area (Å²) in [7, 11) is 1.66. The van der Waals surface area contributed by atoms with Gasteiger partial charge < -0.3 is 10.2 Å². The van der Waals surface area contributed by atoms with E-state index < -0.39 is 17.5 Å². The number of aromatic nitrogens is 2. The average molecular weight is 432 g/mol. The smallest absolute Gasteiger partial charge is 0.325 e. The number of carbonyl (C=O) groups excluding carboxylic acids is 3. The first kappa shape index (κ1) is 19.8. The molecule has 10 heteroatoms. The summed E-state index contributed by atoms with van der Waals surface area (Å²) in [6, 6.07) is 6.92. The van der Waals surface area contributed by atoms with E-state index in [1.807, 2.05) is 12.1 Å². The molecule has 1 saturated heterocycles. The molecule has 1 saturated carbocycles. The third kappa shape index (κ3) is 3.86. The monoisotopic (exact) mass is 431 g/mol. The molecule has 2 heterocycles. The Morgan fingerprint density at radius 3 is 2.59 bits per heavy atom. The molecule has 29 heavy (non-hydrogen) atoms. The zero-order valence-corrected chi connectivity index (χ0v) is 17.6. The molecule has 0 bridgehead atoms. The van der Waals surface area contributed by atoms with Crippen LogP contribution in [0, 0.1) is 0 Å². The van der Waals surface area contributed by atoms with Gasteiger partial charge in [0.1, 0.15) is 17.6 Å². The molecule has 1 aromatic carbocycles. The van der Waals surface area contributed by atoms with Gasteiger partial charge in [-0.15, -0.1) is 10.2 Å². The van der Waals surface area contributed by atoms with Gasteiger partial charge in [0.15, 0.2) is 4.34 Å². The molecular formula is C19H21N5O3S2. The van der Waals surface area contributed by atoms with Crippen LogP contribution in [0.1, 0.15) is 32.1 Å². The van der Waals surface area contributed by atoms with E-state index >= 15 is 0 Å². The Morgan fingerprint density at radius 2 is 1.93 bits per heavy atom. The number of hydrogen-bond donors (Lipinski definition) is 1. The first-order valence-electron chi connectivity index (χ1n) is 9.43. The van der Waals surface area contributed by atoms with Crippen molar-refractivity contribution in [1.29, 1.82) is 0 Å². The van der Waals surface area contributed by atoms with Crippen LogP contribution in [-0.2, 0) is 9.59 Å². The molecule has 2 aliphatic rings. The van der Waals surface area contributed by atoms with Crippen LogP contribution in [0.15, 0.2) is 39.0 Å². The molecule has 4 amide bonds. The maximum absolute atomic E-state index is 13.0. The van der Waals surface area contributed by atoms with E-state index in [9.17, 15) is 14.4 Å². The summed E-state index contributed by atoms with van der Waals surface area (Å²) in [6.07, 6.45) is 4.25. The van der Waals surface area contributed by atoms with E-state index in [1.165, 1.54) is 28.0 Å². The van der Waals surface area contributed by atoms with Crippen LogP contribution in [0.25, 0.3) is 0 Å². The fraction of sp³-hybridized carbons (Fsp3) is 0.421. The van der Waals surface area contributed by atoms with Gasteiger partial charge in [0, 0.05) is 17.6 Å². The van der Waals surface area contributed by atoms with Gasteiger partial charge in [-0.05, 0) is 37.1 Å². The number of rotatable bonds is 5. The minimum Gasteiger partial charge on any atom is -0.325 e. The maximum Gasteiger partial charge on any atom is 0.327 e. The van der Waals surface area contributed by atoms with Gasteiger partial charge in [-0.1, -0.05) is 42.4 Å². The Balaban J connectivity index is 1.38. The van der Waals surface area contributed by atoms with Crippen LogP contribution in [0.3, 0.4) is 0 Å². The molecule has 1 aliphatic carbocycles. The topological polar surface area (TPSA) is 95.5 Å². The molecule has 1 aliphatic heterocycles. The first-order valence-corrected chi connectivity index (χ1v) is 11.1. The fourth-order valence-electron chi connectivity index (χ4n) is 3.93. The minimum atomic E-state index is -0.765. The van der Waals surface area contributed by atoms with E-state index in [0.29, 0.717) is 18.5 Å². The van der Waals surface area contributed by atoms with E-state index in [4.69, 9.17) is 0 Å². The van der Waals surface area contributed by atoms with Gasteiger partial charge in [0.25, 0.3) is 5.91 Å². The Bertz CT molecular complexity index is 910. The lowest BCUT2D eigenvalue weighted by atomic mass is 9.81. The summed E-state index contributed by atoms with van der Waals surface area (Å²) in [5.41, 5.74) is 1.52. The highest BCUT2D eigenvalue weighted by molar-refractivity contribution is 8.01. The molecule has 1 aromatic heterocycles. The lowest BCUT2D eigenvalue weighted by molar-refractivity contribution is -0.136. The maximum atomic E-state index is 13.0. The van der Waals surface area contributed by atoms with Crippen LogP contribution < -0.4 is 5.32 Å². The number of nitrogens with one attached hydrogen (secondary N) is 1. The third-order valence-corrected chi connectivity index (χ3v) is 7.25. The van der Waals surface area contributed by atoms with E-state index in [-0.39, 0.29) is 12.5 Å². The van der Waals surface area contributed by atoms with Gasteiger partial charge in [-0.25, -0.2) is 4.79 Å². The summed E-state index contributed by atoms with van der Waals surface area (Å²) in [4.78, 5) is 41.6. The van der Waals surface area contributed by atoms with Crippen LogP contribution in [-0.4, -0.2) is 57.0 Å². The largest absolute Gasteiger partial charge is 0.327 e. The van der Waals surface area contributed by atoms with Crippen LogP contribution >= 0.6 is 23.1 Å². The molecule has 152 valence electrons. The SMILES string of the molecule is CN1C(=O)N(CC(=O)Nc2ccc(Sc3nncs3)cc2)C(=O)C12CCCCC2. The standard InChI is InChI=1S/C19H21N5O3S2/c1-23-18(27)24(16(26)19(23)9-3-2-4-10-19)11-15(25)21-13-5-7-14(8-6-13)29-17-22-20-12-28-17/h5-8,12H,2-4,9-11H2,1H3,(H,21,25). The van der Waals surface area contributed by atoms with Crippen molar-refractivity contribution in [3.8, 4) is 0 Å². The molecule has 1 spiro atoms.